The lowest BCUT2D eigenvalue weighted by Crippen LogP contribution is -2.13. The molecule has 0 aliphatic carbocycles. The number of hydrogen-bond acceptors (Lipinski definition) is 6. The van der Waals surface area contributed by atoms with Gasteiger partial charge in [-0.25, -0.2) is 4.98 Å². The average Bonchev–Trinajstić information content (AvgIpc) is 2.69. The van der Waals surface area contributed by atoms with Gasteiger partial charge < -0.3 is 10.6 Å². The van der Waals surface area contributed by atoms with Crippen LogP contribution in [0.2, 0.25) is 0 Å². The maximum Gasteiger partial charge on any atom is 0.146 e. The lowest BCUT2D eigenvalue weighted by molar-refractivity contribution is 0.820. The Balaban J connectivity index is 1.79. The van der Waals surface area contributed by atoms with E-state index < -0.39 is 0 Å². The smallest absolute Gasteiger partial charge is 0.146 e. The molecule has 0 amide bonds. The number of rotatable bonds is 6. The first-order valence-electron chi connectivity index (χ1n) is 8.43. The molecular formula is C20H20N6. The lowest BCUT2D eigenvalue weighted by atomic mass is 10.2. The van der Waals surface area contributed by atoms with Crippen LogP contribution >= 0.6 is 0 Å². The Morgan fingerprint density at radius 3 is 2.00 bits per heavy atom. The van der Waals surface area contributed by atoms with Crippen molar-refractivity contribution in [1.82, 2.24) is 15.0 Å². The van der Waals surface area contributed by atoms with Gasteiger partial charge in [0, 0.05) is 12.4 Å². The molecule has 2 atom stereocenters. The van der Waals surface area contributed by atoms with E-state index in [4.69, 9.17) is 0 Å². The van der Waals surface area contributed by atoms with E-state index in [1.165, 1.54) is 0 Å². The van der Waals surface area contributed by atoms with Crippen LogP contribution in [-0.2, 0) is 0 Å². The van der Waals surface area contributed by atoms with E-state index in [9.17, 15) is 5.26 Å². The molecule has 0 spiro atoms. The molecule has 0 aromatic carbocycles. The Bertz CT molecular complexity index is 889. The van der Waals surface area contributed by atoms with Crippen molar-refractivity contribution in [2.45, 2.75) is 25.9 Å². The predicted octanol–water partition coefficient (Wildman–Crippen LogP) is 4.09. The van der Waals surface area contributed by atoms with Gasteiger partial charge in [-0.15, -0.1) is 0 Å². The summed E-state index contributed by atoms with van der Waals surface area (Å²) in [6, 6.07) is 17.2. The van der Waals surface area contributed by atoms with Crippen LogP contribution in [0.25, 0.3) is 0 Å². The van der Waals surface area contributed by atoms with E-state index >= 15 is 0 Å². The molecule has 6 heteroatoms. The Kier molecular flexibility index (Phi) is 5.40. The highest BCUT2D eigenvalue weighted by molar-refractivity contribution is 5.57. The van der Waals surface area contributed by atoms with Crippen molar-refractivity contribution in [2.24, 2.45) is 0 Å². The zero-order valence-corrected chi connectivity index (χ0v) is 14.7. The van der Waals surface area contributed by atoms with E-state index in [1.807, 2.05) is 50.2 Å². The minimum atomic E-state index is -0.0701. The fraction of sp³-hybridized carbons (Fsp3) is 0.200. The summed E-state index contributed by atoms with van der Waals surface area (Å²) >= 11 is 0. The molecule has 0 bridgehead atoms. The number of pyridine rings is 3. The third-order valence-corrected chi connectivity index (χ3v) is 4.00. The van der Waals surface area contributed by atoms with Crippen molar-refractivity contribution >= 4 is 11.6 Å². The molecule has 3 heterocycles. The predicted molar refractivity (Wildman–Crippen MR) is 102 cm³/mol. The highest BCUT2D eigenvalue weighted by Gasteiger charge is 2.13. The Hall–Kier alpha value is -3.46. The molecular weight excluding hydrogens is 324 g/mol. The summed E-state index contributed by atoms with van der Waals surface area (Å²) < 4.78 is 0. The molecule has 2 unspecified atom stereocenters. The first-order valence-corrected chi connectivity index (χ1v) is 8.43. The zero-order chi connectivity index (χ0) is 18.4. The molecule has 3 aromatic rings. The van der Waals surface area contributed by atoms with Gasteiger partial charge in [-0.1, -0.05) is 12.1 Å². The molecule has 130 valence electrons. The summed E-state index contributed by atoms with van der Waals surface area (Å²) in [6.07, 6.45) is 3.51. The summed E-state index contributed by atoms with van der Waals surface area (Å²) in [4.78, 5) is 13.3. The molecule has 2 N–H and O–H groups in total. The number of nitrogens with zero attached hydrogens (tertiary/aromatic N) is 4. The van der Waals surface area contributed by atoms with Gasteiger partial charge in [0.15, 0.2) is 0 Å². The molecule has 3 rings (SSSR count). The van der Waals surface area contributed by atoms with Gasteiger partial charge >= 0.3 is 0 Å². The Morgan fingerprint density at radius 1 is 0.846 bits per heavy atom. The maximum atomic E-state index is 9.38. The molecule has 0 radical (unpaired) electrons. The van der Waals surface area contributed by atoms with Crippen molar-refractivity contribution in [1.29, 1.82) is 5.26 Å². The summed E-state index contributed by atoms with van der Waals surface area (Å²) in [5.74, 6) is 1.21. The van der Waals surface area contributed by atoms with Crippen LogP contribution in [0.4, 0.5) is 11.6 Å². The second-order valence-corrected chi connectivity index (χ2v) is 5.95. The monoisotopic (exact) mass is 344 g/mol. The average molecular weight is 344 g/mol. The van der Waals surface area contributed by atoms with Gasteiger partial charge in [-0.05, 0) is 50.2 Å². The molecule has 0 aliphatic rings. The van der Waals surface area contributed by atoms with Gasteiger partial charge in [0.05, 0.1) is 29.0 Å². The molecule has 0 fully saturated rings. The van der Waals surface area contributed by atoms with Gasteiger partial charge in [0.25, 0.3) is 0 Å². The van der Waals surface area contributed by atoms with Crippen LogP contribution in [0.15, 0.2) is 60.9 Å². The highest BCUT2D eigenvalue weighted by Crippen LogP contribution is 2.23. The van der Waals surface area contributed by atoms with E-state index in [2.05, 4.69) is 31.7 Å². The van der Waals surface area contributed by atoms with Crippen molar-refractivity contribution in [2.75, 3.05) is 10.6 Å². The zero-order valence-electron chi connectivity index (χ0n) is 14.7. The Labute approximate surface area is 153 Å². The van der Waals surface area contributed by atoms with E-state index in [1.54, 1.807) is 24.5 Å². The van der Waals surface area contributed by atoms with Gasteiger partial charge in [-0.2, -0.15) is 5.26 Å². The van der Waals surface area contributed by atoms with Crippen LogP contribution in [-0.4, -0.2) is 15.0 Å². The summed E-state index contributed by atoms with van der Waals surface area (Å²) in [7, 11) is 0. The van der Waals surface area contributed by atoms with E-state index in [-0.39, 0.29) is 12.1 Å². The van der Waals surface area contributed by atoms with E-state index in [0.717, 1.165) is 11.4 Å². The summed E-state index contributed by atoms with van der Waals surface area (Å²) in [5.41, 5.74) is 2.30. The normalized spacial score (nSPS) is 12.7. The van der Waals surface area contributed by atoms with Gasteiger partial charge in [0.1, 0.15) is 17.7 Å². The van der Waals surface area contributed by atoms with Gasteiger partial charge in [0.2, 0.25) is 0 Å². The van der Waals surface area contributed by atoms with Crippen LogP contribution in [0, 0.1) is 11.3 Å². The second kappa shape index (κ2) is 8.08. The van der Waals surface area contributed by atoms with E-state index in [0.29, 0.717) is 17.2 Å². The summed E-state index contributed by atoms with van der Waals surface area (Å²) in [5, 5.41) is 16.0. The minimum Gasteiger partial charge on any atom is -0.362 e. The number of nitriles is 1. The third kappa shape index (κ3) is 4.14. The van der Waals surface area contributed by atoms with Crippen molar-refractivity contribution in [3.05, 3.63) is 77.9 Å². The first kappa shape index (κ1) is 17.4. The highest BCUT2D eigenvalue weighted by atomic mass is 15.1. The van der Waals surface area contributed by atoms with Crippen LogP contribution in [0.1, 0.15) is 42.9 Å². The third-order valence-electron chi connectivity index (χ3n) is 4.00. The fourth-order valence-corrected chi connectivity index (χ4v) is 2.58. The van der Waals surface area contributed by atoms with Crippen molar-refractivity contribution < 1.29 is 0 Å². The minimum absolute atomic E-state index is 0.00213. The van der Waals surface area contributed by atoms with Crippen molar-refractivity contribution in [3.8, 4) is 6.07 Å². The van der Waals surface area contributed by atoms with Crippen LogP contribution < -0.4 is 10.6 Å². The molecule has 0 saturated carbocycles. The number of nitrogens with one attached hydrogen (secondary N) is 2. The number of aromatic nitrogens is 3. The molecule has 6 nitrogen and oxygen atoms in total. The van der Waals surface area contributed by atoms with Crippen molar-refractivity contribution in [3.63, 3.8) is 0 Å². The van der Waals surface area contributed by atoms with Crippen LogP contribution in [0.5, 0.6) is 0 Å². The second-order valence-electron chi connectivity index (χ2n) is 5.95. The molecule has 26 heavy (non-hydrogen) atoms. The largest absolute Gasteiger partial charge is 0.362 e. The lowest BCUT2D eigenvalue weighted by Gasteiger charge is -2.18. The molecule has 0 saturated heterocycles. The first-order chi connectivity index (χ1) is 12.7. The SMILES string of the molecule is CC(Nc1ccc(C#N)c(NC(C)c2ccccn2)n1)c1ccccn1. The quantitative estimate of drug-likeness (QED) is 0.700. The summed E-state index contributed by atoms with van der Waals surface area (Å²) in [6.45, 7) is 4.01. The van der Waals surface area contributed by atoms with Gasteiger partial charge in [-0.3, -0.25) is 9.97 Å². The molecule has 0 aliphatic heterocycles. The fourth-order valence-electron chi connectivity index (χ4n) is 2.58. The van der Waals surface area contributed by atoms with Crippen LogP contribution in [0.3, 0.4) is 0 Å². The topological polar surface area (TPSA) is 86.5 Å². The number of anilines is 2. The molecule has 3 aromatic heterocycles. The number of hydrogen-bond donors (Lipinski definition) is 2. The Morgan fingerprint density at radius 2 is 1.46 bits per heavy atom. The standard InChI is InChI=1S/C20H20N6/c1-14(17-7-3-5-11-22-17)24-19-10-9-16(13-21)20(26-19)25-15(2)18-8-4-6-12-23-18/h3-12,14-15H,1-2H3,(H2,24,25,26). The maximum absolute atomic E-state index is 9.38.